The van der Waals surface area contributed by atoms with Crippen molar-refractivity contribution in [3.05, 3.63) is 52.4 Å². The molecule has 0 bridgehead atoms. The van der Waals surface area contributed by atoms with E-state index in [1.807, 2.05) is 31.2 Å². The van der Waals surface area contributed by atoms with Gasteiger partial charge < -0.3 is 14.6 Å². The first-order valence-electron chi connectivity index (χ1n) is 9.08. The number of H-pyrrole nitrogens is 1. The summed E-state index contributed by atoms with van der Waals surface area (Å²) in [5.41, 5.74) is 2.00. The van der Waals surface area contributed by atoms with Gasteiger partial charge >= 0.3 is 6.01 Å². The Morgan fingerprint density at radius 3 is 2.79 bits per heavy atom. The number of hydrogen-bond donors (Lipinski definition) is 1. The fraction of sp³-hybridized carbons (Fsp3) is 0.300. The summed E-state index contributed by atoms with van der Waals surface area (Å²) in [4.78, 5) is 38.8. The van der Waals surface area contributed by atoms with Crippen LogP contribution in [-0.2, 0) is 4.79 Å². The molecule has 0 spiro atoms. The number of piperidine rings is 1. The number of nitrogens with one attached hydrogen (secondary N) is 1. The van der Waals surface area contributed by atoms with E-state index in [2.05, 4.69) is 30.9 Å². The number of nitrogens with zero attached hydrogens (tertiary/aromatic N) is 3. The Morgan fingerprint density at radius 2 is 2.00 bits per heavy atom. The highest BCUT2D eigenvalue weighted by Gasteiger charge is 2.31. The predicted octanol–water partition coefficient (Wildman–Crippen LogP) is 3.28. The number of rotatable bonds is 4. The second kappa shape index (κ2) is 7.71. The average molecular weight is 443 g/mol. The smallest absolute Gasteiger partial charge is 0.316 e. The zero-order chi connectivity index (χ0) is 19.7. The standard InChI is InChI=1S/C20H19BrN4O3/c1-12-17(15-6-2-3-7-16(15)24-12)18(26)19(27)25-8-4-5-14(11-25)28-20-22-9-13(21)10-23-20/h2-3,6-7,9-10,14,24H,4-5,8,11H2,1H3. The van der Waals surface area contributed by atoms with Gasteiger partial charge in [-0.15, -0.1) is 0 Å². The molecule has 1 fully saturated rings. The van der Waals surface area contributed by atoms with Gasteiger partial charge in [-0.1, -0.05) is 18.2 Å². The Balaban J connectivity index is 1.50. The Hall–Kier alpha value is -2.74. The maximum absolute atomic E-state index is 13.0. The van der Waals surface area contributed by atoms with Crippen molar-refractivity contribution in [3.63, 3.8) is 0 Å². The number of hydrogen-bond acceptors (Lipinski definition) is 5. The van der Waals surface area contributed by atoms with Gasteiger partial charge in [-0.25, -0.2) is 9.97 Å². The first-order valence-corrected chi connectivity index (χ1v) is 9.87. The van der Waals surface area contributed by atoms with Crippen LogP contribution >= 0.6 is 15.9 Å². The second-order valence-electron chi connectivity index (χ2n) is 6.82. The fourth-order valence-electron chi connectivity index (χ4n) is 3.55. The summed E-state index contributed by atoms with van der Waals surface area (Å²) in [6.07, 6.45) is 4.52. The topological polar surface area (TPSA) is 88.2 Å². The van der Waals surface area contributed by atoms with Gasteiger partial charge in [0.15, 0.2) is 0 Å². The number of amides is 1. The average Bonchev–Trinajstić information content (AvgIpc) is 3.04. The Kier molecular flexibility index (Phi) is 5.13. The quantitative estimate of drug-likeness (QED) is 0.494. The minimum Gasteiger partial charge on any atom is -0.458 e. The van der Waals surface area contributed by atoms with Crippen molar-refractivity contribution in [2.45, 2.75) is 25.9 Å². The van der Waals surface area contributed by atoms with Crippen LogP contribution in [-0.4, -0.2) is 50.7 Å². The molecule has 7 nitrogen and oxygen atoms in total. The normalized spacial score (nSPS) is 16.9. The summed E-state index contributed by atoms with van der Waals surface area (Å²) in [6, 6.07) is 7.77. The van der Waals surface area contributed by atoms with Crippen LogP contribution < -0.4 is 4.74 Å². The Labute approximate surface area is 170 Å². The van der Waals surface area contributed by atoms with E-state index in [0.717, 1.165) is 28.2 Å². The number of fused-ring (bicyclic) bond motifs is 1. The van der Waals surface area contributed by atoms with Crippen LogP contribution in [0.5, 0.6) is 6.01 Å². The minimum atomic E-state index is -0.502. The van der Waals surface area contributed by atoms with Crippen LogP contribution in [0.3, 0.4) is 0 Å². The molecule has 28 heavy (non-hydrogen) atoms. The molecule has 1 unspecified atom stereocenters. The lowest BCUT2D eigenvalue weighted by molar-refractivity contribution is -0.129. The lowest BCUT2D eigenvalue weighted by atomic mass is 10.0. The lowest BCUT2D eigenvalue weighted by Crippen LogP contribution is -2.47. The number of Topliss-reactive ketones (excluding diaryl/α,β-unsaturated/α-hetero) is 1. The number of para-hydroxylation sites is 1. The fourth-order valence-corrected chi connectivity index (χ4v) is 3.75. The van der Waals surface area contributed by atoms with E-state index in [-0.39, 0.29) is 12.1 Å². The molecule has 1 amide bonds. The van der Waals surface area contributed by atoms with Crippen molar-refractivity contribution in [1.82, 2.24) is 19.9 Å². The molecular formula is C20H19BrN4O3. The number of halogens is 1. The van der Waals surface area contributed by atoms with Gasteiger partial charge in [0.05, 0.1) is 16.6 Å². The van der Waals surface area contributed by atoms with Crippen molar-refractivity contribution < 1.29 is 14.3 Å². The number of benzene rings is 1. The summed E-state index contributed by atoms with van der Waals surface area (Å²) < 4.78 is 6.56. The molecule has 1 saturated heterocycles. The molecule has 0 saturated carbocycles. The molecule has 1 N–H and O–H groups in total. The van der Waals surface area contributed by atoms with Gasteiger partial charge in [0.2, 0.25) is 0 Å². The Bertz CT molecular complexity index is 1030. The maximum atomic E-state index is 13.0. The predicted molar refractivity (Wildman–Crippen MR) is 107 cm³/mol. The molecular weight excluding hydrogens is 424 g/mol. The molecule has 3 aromatic rings. The summed E-state index contributed by atoms with van der Waals surface area (Å²) in [5.74, 6) is -0.992. The Morgan fingerprint density at radius 1 is 1.25 bits per heavy atom. The number of carbonyl (C=O) groups excluding carboxylic acids is 2. The summed E-state index contributed by atoms with van der Waals surface area (Å²) >= 11 is 3.28. The van der Waals surface area contributed by atoms with Crippen molar-refractivity contribution in [2.75, 3.05) is 13.1 Å². The van der Waals surface area contributed by atoms with Crippen molar-refractivity contribution in [1.29, 1.82) is 0 Å². The van der Waals surface area contributed by atoms with Gasteiger partial charge in [-0.2, -0.15) is 0 Å². The van der Waals surface area contributed by atoms with Crippen LogP contribution in [0.1, 0.15) is 28.9 Å². The highest BCUT2D eigenvalue weighted by atomic mass is 79.9. The molecule has 144 valence electrons. The highest BCUT2D eigenvalue weighted by Crippen LogP contribution is 2.24. The van der Waals surface area contributed by atoms with E-state index in [4.69, 9.17) is 4.74 Å². The van der Waals surface area contributed by atoms with Crippen molar-refractivity contribution >= 4 is 38.5 Å². The lowest BCUT2D eigenvalue weighted by Gasteiger charge is -2.31. The molecule has 4 rings (SSSR count). The van der Waals surface area contributed by atoms with E-state index in [0.29, 0.717) is 24.3 Å². The van der Waals surface area contributed by atoms with Crippen LogP contribution in [0.15, 0.2) is 41.1 Å². The van der Waals surface area contributed by atoms with E-state index in [9.17, 15) is 9.59 Å². The number of aryl methyl sites for hydroxylation is 1. The number of aromatic amines is 1. The molecule has 3 heterocycles. The number of ketones is 1. The molecule has 0 radical (unpaired) electrons. The first kappa shape index (κ1) is 18.6. The summed E-state index contributed by atoms with van der Waals surface area (Å²) in [7, 11) is 0. The van der Waals surface area contributed by atoms with Gasteiger partial charge in [-0.05, 0) is 41.8 Å². The SMILES string of the molecule is Cc1[nH]c2ccccc2c1C(=O)C(=O)N1CCCC(Oc2ncc(Br)cn2)C1. The van der Waals surface area contributed by atoms with E-state index >= 15 is 0 Å². The molecule has 1 aromatic carbocycles. The van der Waals surface area contributed by atoms with E-state index in [1.54, 1.807) is 17.3 Å². The molecule has 1 aliphatic rings. The van der Waals surface area contributed by atoms with Crippen molar-refractivity contribution in [2.24, 2.45) is 0 Å². The molecule has 0 aliphatic carbocycles. The summed E-state index contributed by atoms with van der Waals surface area (Å²) in [6.45, 7) is 2.69. The van der Waals surface area contributed by atoms with Gasteiger partial charge in [-0.3, -0.25) is 9.59 Å². The molecule has 8 heteroatoms. The highest BCUT2D eigenvalue weighted by molar-refractivity contribution is 9.10. The maximum Gasteiger partial charge on any atom is 0.316 e. The number of carbonyl (C=O) groups is 2. The third kappa shape index (κ3) is 3.64. The zero-order valence-corrected chi connectivity index (χ0v) is 16.9. The second-order valence-corrected chi connectivity index (χ2v) is 7.73. The third-order valence-electron chi connectivity index (χ3n) is 4.85. The van der Waals surface area contributed by atoms with Gasteiger partial charge in [0.1, 0.15) is 6.10 Å². The van der Waals surface area contributed by atoms with E-state index < -0.39 is 11.7 Å². The van der Waals surface area contributed by atoms with Crippen LogP contribution in [0.4, 0.5) is 0 Å². The van der Waals surface area contributed by atoms with E-state index in [1.165, 1.54) is 0 Å². The number of ether oxygens (including phenoxy) is 1. The van der Waals surface area contributed by atoms with Crippen LogP contribution in [0.2, 0.25) is 0 Å². The zero-order valence-electron chi connectivity index (χ0n) is 15.3. The van der Waals surface area contributed by atoms with Crippen LogP contribution in [0, 0.1) is 6.92 Å². The monoisotopic (exact) mass is 442 g/mol. The largest absolute Gasteiger partial charge is 0.458 e. The van der Waals surface area contributed by atoms with Gasteiger partial charge in [0.25, 0.3) is 11.7 Å². The summed E-state index contributed by atoms with van der Waals surface area (Å²) in [5, 5.41) is 0.770. The van der Waals surface area contributed by atoms with Crippen molar-refractivity contribution in [3.8, 4) is 6.01 Å². The number of likely N-dealkylation sites (tertiary alicyclic amines) is 1. The molecule has 1 atom stereocenters. The number of aromatic nitrogens is 3. The molecule has 2 aromatic heterocycles. The minimum absolute atomic E-state index is 0.240. The first-order chi connectivity index (χ1) is 13.5. The van der Waals surface area contributed by atoms with Crippen LogP contribution in [0.25, 0.3) is 10.9 Å². The van der Waals surface area contributed by atoms with Gasteiger partial charge in [0, 0.05) is 35.5 Å². The molecule has 1 aliphatic heterocycles. The third-order valence-corrected chi connectivity index (χ3v) is 5.26.